The van der Waals surface area contributed by atoms with E-state index < -0.39 is 0 Å². The topological polar surface area (TPSA) is 74.2 Å². The van der Waals surface area contributed by atoms with Crippen LogP contribution in [0.4, 0.5) is 5.82 Å². The van der Waals surface area contributed by atoms with Gasteiger partial charge < -0.3 is 15.7 Å². The number of aliphatic hydroxyl groups is 1. The van der Waals surface area contributed by atoms with Crippen LogP contribution in [-0.2, 0) is 6.54 Å². The standard InChI is InChI=1S/C24H27N3O2/c1-16-11-19(24(29)26-14-17-5-3-2-4-6-17)12-18-13-23(25-15-22(16)18)27-20-7-9-21(28)10-8-20/h2-6,11-13,15,20-21,28H,7-10,14H2,1H3,(H,25,27)(H,26,29). The van der Waals surface area contributed by atoms with E-state index in [4.69, 9.17) is 0 Å². The van der Waals surface area contributed by atoms with Crippen LogP contribution in [0.3, 0.4) is 0 Å². The number of amides is 1. The number of hydrogen-bond donors (Lipinski definition) is 3. The van der Waals surface area contributed by atoms with Gasteiger partial charge in [0.1, 0.15) is 5.82 Å². The fourth-order valence-electron chi connectivity index (χ4n) is 3.96. The molecule has 1 aliphatic rings. The van der Waals surface area contributed by atoms with E-state index in [1.165, 1.54) is 0 Å². The highest BCUT2D eigenvalue weighted by Gasteiger charge is 2.19. The summed E-state index contributed by atoms with van der Waals surface area (Å²) in [6.07, 6.45) is 5.25. The summed E-state index contributed by atoms with van der Waals surface area (Å²) in [6, 6.07) is 16.1. The number of pyridine rings is 1. The minimum absolute atomic E-state index is 0.0774. The third-order valence-electron chi connectivity index (χ3n) is 5.65. The Morgan fingerprint density at radius 2 is 1.86 bits per heavy atom. The van der Waals surface area contributed by atoms with E-state index in [2.05, 4.69) is 15.6 Å². The van der Waals surface area contributed by atoms with Gasteiger partial charge in [0.2, 0.25) is 0 Å². The quantitative estimate of drug-likeness (QED) is 0.612. The molecule has 5 heteroatoms. The van der Waals surface area contributed by atoms with E-state index >= 15 is 0 Å². The van der Waals surface area contributed by atoms with Crippen LogP contribution in [0.25, 0.3) is 10.8 Å². The van der Waals surface area contributed by atoms with Crippen LogP contribution in [0.2, 0.25) is 0 Å². The van der Waals surface area contributed by atoms with Crippen molar-refractivity contribution in [2.24, 2.45) is 0 Å². The molecular formula is C24H27N3O2. The predicted octanol–water partition coefficient (Wildman–Crippen LogP) is 4.19. The molecule has 29 heavy (non-hydrogen) atoms. The Bertz CT molecular complexity index is 996. The average Bonchev–Trinajstić information content (AvgIpc) is 2.74. The molecule has 1 heterocycles. The van der Waals surface area contributed by atoms with Crippen molar-refractivity contribution in [3.63, 3.8) is 0 Å². The maximum atomic E-state index is 12.7. The molecule has 1 aliphatic carbocycles. The molecule has 0 radical (unpaired) electrons. The number of rotatable bonds is 5. The molecule has 0 atom stereocenters. The van der Waals surface area contributed by atoms with E-state index in [0.717, 1.165) is 53.4 Å². The molecule has 0 unspecified atom stereocenters. The molecule has 1 amide bonds. The third kappa shape index (κ3) is 4.74. The fraction of sp³-hybridized carbons (Fsp3) is 0.333. The van der Waals surface area contributed by atoms with Gasteiger partial charge in [-0.05, 0) is 67.3 Å². The summed E-state index contributed by atoms with van der Waals surface area (Å²) in [5.41, 5.74) is 2.77. The van der Waals surface area contributed by atoms with Crippen LogP contribution in [0, 0.1) is 6.92 Å². The summed E-state index contributed by atoms with van der Waals surface area (Å²) in [6.45, 7) is 2.51. The zero-order valence-electron chi connectivity index (χ0n) is 16.7. The largest absolute Gasteiger partial charge is 0.393 e. The number of carbonyl (C=O) groups is 1. The molecule has 2 aromatic carbocycles. The molecule has 4 rings (SSSR count). The molecule has 3 aromatic rings. The van der Waals surface area contributed by atoms with Gasteiger partial charge in [-0.15, -0.1) is 0 Å². The molecule has 1 saturated carbocycles. The number of nitrogens with one attached hydrogen (secondary N) is 2. The first-order valence-corrected chi connectivity index (χ1v) is 10.3. The van der Waals surface area contributed by atoms with Gasteiger partial charge in [0.15, 0.2) is 0 Å². The smallest absolute Gasteiger partial charge is 0.251 e. The fourth-order valence-corrected chi connectivity index (χ4v) is 3.96. The second kappa shape index (κ2) is 8.62. The normalized spacial score (nSPS) is 19.1. The summed E-state index contributed by atoms with van der Waals surface area (Å²) in [5, 5.41) is 18.2. The number of hydrogen-bond acceptors (Lipinski definition) is 4. The van der Waals surface area contributed by atoms with Crippen molar-refractivity contribution >= 4 is 22.5 Å². The Morgan fingerprint density at radius 3 is 2.62 bits per heavy atom. The van der Waals surface area contributed by atoms with Crippen LogP contribution < -0.4 is 10.6 Å². The maximum absolute atomic E-state index is 12.7. The maximum Gasteiger partial charge on any atom is 0.251 e. The lowest BCUT2D eigenvalue weighted by molar-refractivity contribution is 0.0951. The zero-order chi connectivity index (χ0) is 20.2. The van der Waals surface area contributed by atoms with Crippen molar-refractivity contribution in [1.29, 1.82) is 0 Å². The van der Waals surface area contributed by atoms with E-state index in [-0.39, 0.29) is 12.0 Å². The van der Waals surface area contributed by atoms with Crippen molar-refractivity contribution in [2.75, 3.05) is 5.32 Å². The lowest BCUT2D eigenvalue weighted by atomic mass is 9.93. The number of benzene rings is 2. The summed E-state index contributed by atoms with van der Waals surface area (Å²) < 4.78 is 0. The monoisotopic (exact) mass is 389 g/mol. The number of aromatic nitrogens is 1. The number of fused-ring (bicyclic) bond motifs is 1. The molecule has 0 bridgehead atoms. The number of nitrogens with zero attached hydrogens (tertiary/aromatic N) is 1. The molecule has 3 N–H and O–H groups in total. The average molecular weight is 389 g/mol. The third-order valence-corrected chi connectivity index (χ3v) is 5.65. The minimum Gasteiger partial charge on any atom is -0.393 e. The first-order chi connectivity index (χ1) is 14.1. The van der Waals surface area contributed by atoms with Gasteiger partial charge in [-0.3, -0.25) is 4.79 Å². The van der Waals surface area contributed by atoms with Crippen LogP contribution >= 0.6 is 0 Å². The van der Waals surface area contributed by atoms with Crippen molar-refractivity contribution in [3.8, 4) is 0 Å². The van der Waals surface area contributed by atoms with Gasteiger partial charge in [-0.1, -0.05) is 30.3 Å². The lowest BCUT2D eigenvalue weighted by Gasteiger charge is -2.26. The molecule has 5 nitrogen and oxygen atoms in total. The number of aliphatic hydroxyl groups excluding tert-OH is 1. The number of carbonyl (C=O) groups excluding carboxylic acids is 1. The Balaban J connectivity index is 1.50. The van der Waals surface area contributed by atoms with Crippen LogP contribution in [-0.4, -0.2) is 28.1 Å². The van der Waals surface area contributed by atoms with Gasteiger partial charge in [-0.25, -0.2) is 4.98 Å². The SMILES string of the molecule is Cc1cc(C(=O)NCc2ccccc2)cc2cc(NC3CCC(O)CC3)ncc12. The summed E-state index contributed by atoms with van der Waals surface area (Å²) in [5.74, 6) is 0.742. The highest BCUT2D eigenvalue weighted by Crippen LogP contribution is 2.25. The molecule has 0 spiro atoms. The van der Waals surface area contributed by atoms with Crippen molar-refractivity contribution in [3.05, 3.63) is 71.4 Å². The van der Waals surface area contributed by atoms with Crippen molar-refractivity contribution in [2.45, 2.75) is 51.3 Å². The second-order valence-corrected chi connectivity index (χ2v) is 7.90. The van der Waals surface area contributed by atoms with Crippen molar-refractivity contribution in [1.82, 2.24) is 10.3 Å². The van der Waals surface area contributed by atoms with Crippen LogP contribution in [0.5, 0.6) is 0 Å². The van der Waals surface area contributed by atoms with Gasteiger partial charge in [-0.2, -0.15) is 0 Å². The highest BCUT2D eigenvalue weighted by atomic mass is 16.3. The van der Waals surface area contributed by atoms with Crippen LogP contribution in [0.1, 0.15) is 47.2 Å². The van der Waals surface area contributed by atoms with Gasteiger partial charge in [0.05, 0.1) is 6.10 Å². The van der Waals surface area contributed by atoms with E-state index in [1.54, 1.807) is 0 Å². The summed E-state index contributed by atoms with van der Waals surface area (Å²) in [4.78, 5) is 17.2. The number of aryl methyl sites for hydroxylation is 1. The Kier molecular flexibility index (Phi) is 5.76. The Hall–Kier alpha value is -2.92. The highest BCUT2D eigenvalue weighted by molar-refractivity contribution is 6.00. The zero-order valence-corrected chi connectivity index (χ0v) is 16.7. The van der Waals surface area contributed by atoms with E-state index in [9.17, 15) is 9.90 Å². The second-order valence-electron chi connectivity index (χ2n) is 7.90. The van der Waals surface area contributed by atoms with Gasteiger partial charge in [0.25, 0.3) is 5.91 Å². The Morgan fingerprint density at radius 1 is 1.10 bits per heavy atom. The van der Waals surface area contributed by atoms with E-state index in [1.807, 2.05) is 61.7 Å². The van der Waals surface area contributed by atoms with Gasteiger partial charge >= 0.3 is 0 Å². The number of anilines is 1. The predicted molar refractivity (Wildman–Crippen MR) is 116 cm³/mol. The summed E-state index contributed by atoms with van der Waals surface area (Å²) in [7, 11) is 0. The summed E-state index contributed by atoms with van der Waals surface area (Å²) >= 11 is 0. The first-order valence-electron chi connectivity index (χ1n) is 10.3. The van der Waals surface area contributed by atoms with Crippen molar-refractivity contribution < 1.29 is 9.90 Å². The van der Waals surface area contributed by atoms with E-state index in [0.29, 0.717) is 18.2 Å². The minimum atomic E-state index is -0.169. The first kappa shape index (κ1) is 19.4. The molecule has 1 aromatic heterocycles. The molecule has 0 saturated heterocycles. The van der Waals surface area contributed by atoms with Gasteiger partial charge in [0, 0.05) is 29.7 Å². The Labute approximate surface area is 171 Å². The lowest BCUT2D eigenvalue weighted by Crippen LogP contribution is -2.28. The van der Waals surface area contributed by atoms with Crippen LogP contribution in [0.15, 0.2) is 54.7 Å². The molecule has 150 valence electrons. The molecular weight excluding hydrogens is 362 g/mol. The molecule has 1 fully saturated rings. The molecule has 0 aliphatic heterocycles.